The molecule has 1 aromatic carbocycles. The first-order valence-corrected chi connectivity index (χ1v) is 7.27. The van der Waals surface area contributed by atoms with Gasteiger partial charge in [0.05, 0.1) is 38.6 Å². The van der Waals surface area contributed by atoms with E-state index in [0.717, 1.165) is 11.3 Å². The van der Waals surface area contributed by atoms with E-state index in [-0.39, 0.29) is 12.1 Å². The third kappa shape index (κ3) is 5.90. The molecule has 0 aromatic heterocycles. The van der Waals surface area contributed by atoms with Crippen LogP contribution in [0.2, 0.25) is 0 Å². The summed E-state index contributed by atoms with van der Waals surface area (Å²) in [5.74, 6) is 0.913. The fourth-order valence-corrected chi connectivity index (χ4v) is 1.93. The molecule has 0 aliphatic carbocycles. The van der Waals surface area contributed by atoms with Gasteiger partial charge in [0.2, 0.25) is 0 Å². The second-order valence-corrected chi connectivity index (χ2v) is 4.81. The van der Waals surface area contributed by atoms with Gasteiger partial charge in [-0.3, -0.25) is 0 Å². The monoisotopic (exact) mass is 281 g/mol. The Morgan fingerprint density at radius 3 is 2.55 bits per heavy atom. The molecule has 1 rings (SSSR count). The predicted octanol–water partition coefficient (Wildman–Crippen LogP) is 2.79. The van der Waals surface area contributed by atoms with Crippen molar-refractivity contribution in [1.29, 1.82) is 0 Å². The number of hydrogen-bond donors (Lipinski definition) is 1. The van der Waals surface area contributed by atoms with E-state index in [1.54, 1.807) is 0 Å². The van der Waals surface area contributed by atoms with Crippen molar-refractivity contribution in [2.75, 3.05) is 33.5 Å². The average molecular weight is 281 g/mol. The summed E-state index contributed by atoms with van der Waals surface area (Å²) in [4.78, 5) is 0. The quantitative estimate of drug-likeness (QED) is 0.669. The van der Waals surface area contributed by atoms with Crippen molar-refractivity contribution < 1.29 is 14.2 Å². The van der Waals surface area contributed by atoms with Gasteiger partial charge in [0.1, 0.15) is 5.75 Å². The Bertz CT molecular complexity index is 368. The number of ether oxygens (including phenoxy) is 3. The fraction of sp³-hybridized carbons (Fsp3) is 0.625. The fourth-order valence-electron chi connectivity index (χ4n) is 1.93. The van der Waals surface area contributed by atoms with Crippen LogP contribution in [0.25, 0.3) is 0 Å². The van der Waals surface area contributed by atoms with Crippen LogP contribution in [0, 0.1) is 0 Å². The number of rotatable bonds is 10. The maximum atomic E-state index is 5.68. The molecule has 1 atom stereocenters. The number of benzene rings is 1. The topological polar surface area (TPSA) is 39.7 Å². The highest BCUT2D eigenvalue weighted by molar-refractivity contribution is 5.36. The maximum Gasteiger partial charge on any atom is 0.124 e. The molecule has 0 heterocycles. The molecule has 114 valence electrons. The van der Waals surface area contributed by atoms with Crippen LogP contribution in [0.5, 0.6) is 5.75 Å². The van der Waals surface area contributed by atoms with Crippen LogP contribution in [-0.2, 0) is 9.47 Å². The van der Waals surface area contributed by atoms with Crippen LogP contribution in [0.4, 0.5) is 0 Å². The molecule has 0 saturated carbocycles. The smallest absolute Gasteiger partial charge is 0.124 e. The summed E-state index contributed by atoms with van der Waals surface area (Å²) in [7, 11) is 1.93. The normalized spacial score (nSPS) is 12.7. The third-order valence-corrected chi connectivity index (χ3v) is 2.91. The lowest BCUT2D eigenvalue weighted by Gasteiger charge is -2.20. The molecule has 0 radical (unpaired) electrons. The highest BCUT2D eigenvalue weighted by Gasteiger charge is 2.14. The number of likely N-dealkylation sites (N-methyl/N-ethyl adjacent to an activating group) is 1. The van der Waals surface area contributed by atoms with Crippen LogP contribution in [-0.4, -0.2) is 39.6 Å². The van der Waals surface area contributed by atoms with Gasteiger partial charge in [-0.25, -0.2) is 0 Å². The highest BCUT2D eigenvalue weighted by Crippen LogP contribution is 2.25. The molecule has 4 nitrogen and oxygen atoms in total. The zero-order chi connectivity index (χ0) is 14.8. The van der Waals surface area contributed by atoms with E-state index in [0.29, 0.717) is 26.4 Å². The van der Waals surface area contributed by atoms with E-state index in [1.165, 1.54) is 0 Å². The Balaban J connectivity index is 2.49. The van der Waals surface area contributed by atoms with Gasteiger partial charge in [-0.2, -0.15) is 0 Å². The van der Waals surface area contributed by atoms with Crippen LogP contribution < -0.4 is 10.1 Å². The predicted molar refractivity (Wildman–Crippen MR) is 81.3 cm³/mol. The highest BCUT2D eigenvalue weighted by atomic mass is 16.5. The second kappa shape index (κ2) is 9.75. The molecule has 0 aliphatic heterocycles. The summed E-state index contributed by atoms with van der Waals surface area (Å²) in [5, 5.41) is 3.27. The van der Waals surface area contributed by atoms with Gasteiger partial charge in [0.25, 0.3) is 0 Å². The van der Waals surface area contributed by atoms with Crippen molar-refractivity contribution in [3.8, 4) is 5.75 Å². The summed E-state index contributed by atoms with van der Waals surface area (Å²) < 4.78 is 16.8. The van der Waals surface area contributed by atoms with E-state index in [9.17, 15) is 0 Å². The van der Waals surface area contributed by atoms with Crippen molar-refractivity contribution in [2.24, 2.45) is 0 Å². The largest absolute Gasteiger partial charge is 0.494 e. The van der Waals surface area contributed by atoms with E-state index >= 15 is 0 Å². The van der Waals surface area contributed by atoms with Crippen molar-refractivity contribution in [3.63, 3.8) is 0 Å². The maximum absolute atomic E-state index is 5.68. The molecule has 1 aromatic rings. The van der Waals surface area contributed by atoms with Crippen LogP contribution >= 0.6 is 0 Å². The second-order valence-electron chi connectivity index (χ2n) is 4.81. The molecule has 0 aliphatic rings. The Morgan fingerprint density at radius 2 is 1.90 bits per heavy atom. The number of hydrogen-bond acceptors (Lipinski definition) is 4. The average Bonchev–Trinajstić information content (AvgIpc) is 2.44. The minimum Gasteiger partial charge on any atom is -0.494 e. The molecule has 1 N–H and O–H groups in total. The Labute approximate surface area is 122 Å². The lowest BCUT2D eigenvalue weighted by Crippen LogP contribution is -2.23. The van der Waals surface area contributed by atoms with Gasteiger partial charge in [-0.15, -0.1) is 0 Å². The molecule has 4 heteroatoms. The van der Waals surface area contributed by atoms with Crippen molar-refractivity contribution in [3.05, 3.63) is 29.8 Å². The first kappa shape index (κ1) is 17.0. The molecule has 20 heavy (non-hydrogen) atoms. The number of nitrogens with one attached hydrogen (secondary N) is 1. The van der Waals surface area contributed by atoms with Crippen LogP contribution in [0.1, 0.15) is 32.4 Å². The lowest BCUT2D eigenvalue weighted by molar-refractivity contribution is 0.0140. The molecule has 0 bridgehead atoms. The van der Waals surface area contributed by atoms with E-state index in [4.69, 9.17) is 14.2 Å². The summed E-state index contributed by atoms with van der Waals surface area (Å²) in [6, 6.07) is 8.19. The minimum absolute atomic E-state index is 0.122. The van der Waals surface area contributed by atoms with Crippen molar-refractivity contribution in [2.45, 2.75) is 32.9 Å². The standard InChI is InChI=1S/C16H27NO3/c1-5-19-16-9-7-6-8-14(16)15(17-4)12-18-10-11-20-13(2)3/h6-9,13,15,17H,5,10-12H2,1-4H3. The molecule has 0 amide bonds. The third-order valence-electron chi connectivity index (χ3n) is 2.91. The molecule has 0 fully saturated rings. The summed E-state index contributed by atoms with van der Waals surface area (Å²) in [6.07, 6.45) is 0.248. The van der Waals surface area contributed by atoms with Crippen LogP contribution in [0.3, 0.4) is 0 Å². The Morgan fingerprint density at radius 1 is 1.15 bits per heavy atom. The zero-order valence-electron chi connectivity index (χ0n) is 13.0. The van der Waals surface area contributed by atoms with Crippen molar-refractivity contribution in [1.82, 2.24) is 5.32 Å². The first-order valence-electron chi connectivity index (χ1n) is 7.27. The van der Waals surface area contributed by atoms with Gasteiger partial charge in [0, 0.05) is 5.56 Å². The van der Waals surface area contributed by atoms with Gasteiger partial charge in [-0.05, 0) is 33.9 Å². The van der Waals surface area contributed by atoms with Gasteiger partial charge in [0.15, 0.2) is 0 Å². The Kier molecular flexibility index (Phi) is 8.26. The summed E-state index contributed by atoms with van der Waals surface area (Å²) in [6.45, 7) is 8.53. The van der Waals surface area contributed by atoms with Gasteiger partial charge >= 0.3 is 0 Å². The van der Waals surface area contributed by atoms with Crippen LogP contribution in [0.15, 0.2) is 24.3 Å². The number of para-hydroxylation sites is 1. The molecular formula is C16H27NO3. The summed E-state index contributed by atoms with van der Waals surface area (Å²) in [5.41, 5.74) is 1.13. The molecule has 0 saturated heterocycles. The summed E-state index contributed by atoms with van der Waals surface area (Å²) >= 11 is 0. The lowest BCUT2D eigenvalue weighted by atomic mass is 10.1. The molecular weight excluding hydrogens is 254 g/mol. The van der Waals surface area contributed by atoms with Crippen molar-refractivity contribution >= 4 is 0 Å². The minimum atomic E-state index is 0.122. The molecule has 1 unspecified atom stereocenters. The van der Waals surface area contributed by atoms with E-state index in [2.05, 4.69) is 11.4 Å². The Hall–Kier alpha value is -1.10. The van der Waals surface area contributed by atoms with Gasteiger partial charge < -0.3 is 19.5 Å². The SMILES string of the molecule is CCOc1ccccc1C(COCCOC(C)C)NC. The zero-order valence-corrected chi connectivity index (χ0v) is 13.0. The molecule has 0 spiro atoms. The van der Waals surface area contributed by atoms with Gasteiger partial charge in [-0.1, -0.05) is 18.2 Å². The van der Waals surface area contributed by atoms with E-state index < -0.39 is 0 Å². The first-order chi connectivity index (χ1) is 9.69. The van der Waals surface area contributed by atoms with E-state index in [1.807, 2.05) is 46.0 Å².